The first-order valence-electron chi connectivity index (χ1n) is 5.09. The summed E-state index contributed by atoms with van der Waals surface area (Å²) in [7, 11) is 1.23. The number of aliphatic hydroxyl groups excluding tert-OH is 1. The number of hydrogen-bond donors (Lipinski definition) is 3. The molecule has 8 nitrogen and oxygen atoms in total. The van der Waals surface area contributed by atoms with Crippen molar-refractivity contribution in [3.8, 4) is 0 Å². The molecule has 0 spiro atoms. The van der Waals surface area contributed by atoms with Crippen molar-refractivity contribution in [2.45, 2.75) is 13.0 Å². The maximum atomic E-state index is 11.4. The first-order chi connectivity index (χ1) is 8.45. The number of amides is 1. The Labute approximate surface area is 103 Å². The van der Waals surface area contributed by atoms with E-state index in [0.29, 0.717) is 5.82 Å². The smallest absolute Gasteiger partial charge is 0.343 e. The van der Waals surface area contributed by atoms with Gasteiger partial charge in [-0.15, -0.1) is 0 Å². The van der Waals surface area contributed by atoms with Gasteiger partial charge in [-0.2, -0.15) is 0 Å². The highest BCUT2D eigenvalue weighted by Gasteiger charge is 2.16. The van der Waals surface area contributed by atoms with Gasteiger partial charge in [0.1, 0.15) is 23.3 Å². The number of esters is 1. The van der Waals surface area contributed by atoms with E-state index in [1.165, 1.54) is 13.3 Å². The van der Waals surface area contributed by atoms with Gasteiger partial charge in [0, 0.05) is 6.20 Å². The van der Waals surface area contributed by atoms with Gasteiger partial charge in [0.15, 0.2) is 0 Å². The first-order valence-corrected chi connectivity index (χ1v) is 5.09. The minimum Gasteiger partial charge on any atom is -0.465 e. The molecule has 0 saturated heterocycles. The van der Waals surface area contributed by atoms with Crippen molar-refractivity contribution in [1.82, 2.24) is 9.97 Å². The topological polar surface area (TPSA) is 127 Å². The zero-order valence-electron chi connectivity index (χ0n) is 10.0. The summed E-state index contributed by atoms with van der Waals surface area (Å²) >= 11 is 0. The number of nitrogens with two attached hydrogens (primary N) is 1. The van der Waals surface area contributed by atoms with Crippen molar-refractivity contribution in [2.75, 3.05) is 19.0 Å². The van der Waals surface area contributed by atoms with Crippen LogP contribution in [0.1, 0.15) is 16.2 Å². The number of hydrogen-bond acceptors (Lipinski definition) is 7. The molecule has 1 heterocycles. The maximum absolute atomic E-state index is 11.4. The van der Waals surface area contributed by atoms with E-state index in [2.05, 4.69) is 20.0 Å². The number of aliphatic hydroxyl groups is 1. The molecule has 1 rings (SSSR count). The Bertz CT molecular complexity index is 463. The molecule has 0 aliphatic carbocycles. The molecular formula is C10H14N4O4. The average molecular weight is 254 g/mol. The lowest BCUT2D eigenvalue weighted by Gasteiger charge is -2.11. The summed E-state index contributed by atoms with van der Waals surface area (Å²) < 4.78 is 4.56. The van der Waals surface area contributed by atoms with E-state index in [0.717, 1.165) is 0 Å². The molecule has 1 amide bonds. The highest BCUT2D eigenvalue weighted by atomic mass is 16.5. The van der Waals surface area contributed by atoms with Crippen LogP contribution in [0.3, 0.4) is 0 Å². The minimum atomic E-state index is -1.37. The summed E-state index contributed by atoms with van der Waals surface area (Å²) in [5.41, 5.74) is 5.01. The van der Waals surface area contributed by atoms with Crippen molar-refractivity contribution in [3.05, 3.63) is 17.6 Å². The lowest BCUT2D eigenvalue weighted by Crippen LogP contribution is -2.34. The first kappa shape index (κ1) is 13.8. The van der Waals surface area contributed by atoms with Crippen molar-refractivity contribution in [3.63, 3.8) is 0 Å². The molecule has 0 fully saturated rings. The normalized spacial score (nSPS) is 11.7. The third kappa shape index (κ3) is 3.39. The summed E-state index contributed by atoms with van der Waals surface area (Å²) in [5, 5.41) is 11.9. The maximum Gasteiger partial charge on any atom is 0.343 e. The Hall–Kier alpha value is -2.22. The van der Waals surface area contributed by atoms with Gasteiger partial charge in [0.25, 0.3) is 0 Å². The molecule has 0 bridgehead atoms. The molecule has 0 saturated carbocycles. The van der Waals surface area contributed by atoms with Crippen LogP contribution in [0.5, 0.6) is 0 Å². The van der Waals surface area contributed by atoms with E-state index >= 15 is 0 Å². The number of rotatable bonds is 5. The van der Waals surface area contributed by atoms with E-state index in [4.69, 9.17) is 5.73 Å². The Balaban J connectivity index is 2.89. The molecule has 1 unspecified atom stereocenters. The highest BCUT2D eigenvalue weighted by molar-refractivity contribution is 5.94. The quantitative estimate of drug-likeness (QED) is 0.565. The number of methoxy groups -OCH3 is 1. The second kappa shape index (κ2) is 5.92. The fraction of sp³-hybridized carbons (Fsp3) is 0.400. The van der Waals surface area contributed by atoms with Crippen LogP contribution in [0.15, 0.2) is 6.20 Å². The SMILES string of the molecule is COC(=O)c1cnc(C)nc1NCC(O)C(N)=O. The zero-order valence-corrected chi connectivity index (χ0v) is 10.0. The number of ether oxygens (including phenoxy) is 1. The fourth-order valence-corrected chi connectivity index (χ4v) is 1.16. The van der Waals surface area contributed by atoms with Gasteiger partial charge < -0.3 is 20.9 Å². The van der Waals surface area contributed by atoms with Crippen LogP contribution in [0, 0.1) is 6.92 Å². The second-order valence-electron chi connectivity index (χ2n) is 3.47. The molecule has 0 radical (unpaired) electrons. The summed E-state index contributed by atoms with van der Waals surface area (Å²) in [5.74, 6) is -0.882. The van der Waals surface area contributed by atoms with Crippen molar-refractivity contribution >= 4 is 17.7 Å². The van der Waals surface area contributed by atoms with Crippen molar-refractivity contribution < 1.29 is 19.4 Å². The van der Waals surface area contributed by atoms with E-state index in [9.17, 15) is 14.7 Å². The van der Waals surface area contributed by atoms with Crippen LogP contribution in [0.2, 0.25) is 0 Å². The average Bonchev–Trinajstić information content (AvgIpc) is 2.34. The van der Waals surface area contributed by atoms with Gasteiger partial charge in [0.05, 0.1) is 13.7 Å². The molecule has 4 N–H and O–H groups in total. The van der Waals surface area contributed by atoms with Gasteiger partial charge in [0.2, 0.25) is 5.91 Å². The Morgan fingerprint density at radius 2 is 2.28 bits per heavy atom. The summed E-state index contributed by atoms with van der Waals surface area (Å²) in [4.78, 5) is 30.0. The number of primary amides is 1. The molecule has 0 aliphatic rings. The van der Waals surface area contributed by atoms with E-state index in [1.807, 2.05) is 0 Å². The van der Waals surface area contributed by atoms with Crippen LogP contribution >= 0.6 is 0 Å². The van der Waals surface area contributed by atoms with Gasteiger partial charge in [-0.3, -0.25) is 4.79 Å². The Morgan fingerprint density at radius 3 is 2.83 bits per heavy atom. The van der Waals surface area contributed by atoms with Crippen LogP contribution < -0.4 is 11.1 Å². The summed E-state index contributed by atoms with van der Waals surface area (Å²) in [6.45, 7) is 1.48. The van der Waals surface area contributed by atoms with Gasteiger partial charge in [-0.25, -0.2) is 14.8 Å². The van der Waals surface area contributed by atoms with Crippen molar-refractivity contribution in [1.29, 1.82) is 0 Å². The Morgan fingerprint density at radius 1 is 1.61 bits per heavy atom. The standard InChI is InChI=1S/C10H14N4O4/c1-5-12-3-6(10(17)18-2)9(14-5)13-4-7(15)8(11)16/h3,7,15H,4H2,1-2H3,(H2,11,16)(H,12,13,14). The summed E-state index contributed by atoms with van der Waals surface area (Å²) in [6.07, 6.45) is -0.0709. The zero-order chi connectivity index (χ0) is 13.7. The predicted molar refractivity (Wildman–Crippen MR) is 61.8 cm³/mol. The number of anilines is 1. The van der Waals surface area contributed by atoms with Crippen molar-refractivity contribution in [2.24, 2.45) is 5.73 Å². The van der Waals surface area contributed by atoms with Gasteiger partial charge >= 0.3 is 5.97 Å². The highest BCUT2D eigenvalue weighted by Crippen LogP contribution is 2.12. The lowest BCUT2D eigenvalue weighted by atomic mass is 10.3. The molecule has 1 aromatic rings. The number of aromatic nitrogens is 2. The molecule has 18 heavy (non-hydrogen) atoms. The molecule has 1 atom stereocenters. The molecule has 98 valence electrons. The molecule has 0 aliphatic heterocycles. The molecule has 8 heteroatoms. The van der Waals surface area contributed by atoms with Crippen LogP contribution in [0.25, 0.3) is 0 Å². The van der Waals surface area contributed by atoms with Crippen LogP contribution in [-0.4, -0.2) is 46.7 Å². The largest absolute Gasteiger partial charge is 0.465 e. The number of carbonyl (C=O) groups is 2. The van der Waals surface area contributed by atoms with Gasteiger partial charge in [-0.05, 0) is 6.92 Å². The molecule has 0 aromatic carbocycles. The van der Waals surface area contributed by atoms with Crippen LogP contribution in [-0.2, 0) is 9.53 Å². The second-order valence-corrected chi connectivity index (χ2v) is 3.47. The molecular weight excluding hydrogens is 240 g/mol. The predicted octanol–water partition coefficient (Wildman–Crippen LogP) is -1.17. The lowest BCUT2D eigenvalue weighted by molar-refractivity contribution is -0.125. The molecule has 1 aromatic heterocycles. The fourth-order valence-electron chi connectivity index (χ4n) is 1.16. The third-order valence-electron chi connectivity index (χ3n) is 2.11. The third-order valence-corrected chi connectivity index (χ3v) is 2.11. The van der Waals surface area contributed by atoms with E-state index in [1.54, 1.807) is 6.92 Å². The van der Waals surface area contributed by atoms with E-state index in [-0.39, 0.29) is 17.9 Å². The number of aryl methyl sites for hydroxylation is 1. The van der Waals surface area contributed by atoms with Crippen LogP contribution in [0.4, 0.5) is 5.82 Å². The van der Waals surface area contributed by atoms with Gasteiger partial charge in [-0.1, -0.05) is 0 Å². The Kier molecular flexibility index (Phi) is 4.55. The monoisotopic (exact) mass is 254 g/mol. The number of nitrogens with one attached hydrogen (secondary N) is 1. The van der Waals surface area contributed by atoms with E-state index < -0.39 is 18.0 Å². The number of carbonyl (C=O) groups excluding carboxylic acids is 2. The minimum absolute atomic E-state index is 0.111. The number of nitrogens with zero attached hydrogens (tertiary/aromatic N) is 2. The summed E-state index contributed by atoms with van der Waals surface area (Å²) in [6, 6.07) is 0.